The van der Waals surface area contributed by atoms with E-state index in [0.29, 0.717) is 24.1 Å². The van der Waals surface area contributed by atoms with Crippen LogP contribution in [0.1, 0.15) is 22.3 Å². The van der Waals surface area contributed by atoms with E-state index in [-0.39, 0.29) is 11.8 Å². The van der Waals surface area contributed by atoms with E-state index in [1.807, 2.05) is 0 Å². The number of carbonyl (C=O) groups excluding carboxylic acids is 2. The van der Waals surface area contributed by atoms with Crippen LogP contribution in [0.5, 0.6) is 0 Å². The summed E-state index contributed by atoms with van der Waals surface area (Å²) in [5.41, 5.74) is 7.60. The van der Waals surface area contributed by atoms with E-state index in [1.165, 1.54) is 0 Å². The lowest BCUT2D eigenvalue weighted by atomic mass is 10.0. The van der Waals surface area contributed by atoms with Crippen molar-refractivity contribution in [2.45, 2.75) is 12.8 Å². The lowest BCUT2D eigenvalue weighted by Crippen LogP contribution is -2.28. The average molecular weight is 190 g/mol. The summed E-state index contributed by atoms with van der Waals surface area (Å²) < 4.78 is 0. The predicted octanol–water partition coefficient (Wildman–Crippen LogP) is 0.471. The maximum absolute atomic E-state index is 11.5. The number of amides is 2. The molecule has 4 heteroatoms. The van der Waals surface area contributed by atoms with Crippen LogP contribution in [0.15, 0.2) is 18.2 Å². The van der Waals surface area contributed by atoms with Crippen molar-refractivity contribution < 1.29 is 9.59 Å². The van der Waals surface area contributed by atoms with Crippen LogP contribution in [-0.2, 0) is 11.2 Å². The van der Waals surface area contributed by atoms with E-state index in [2.05, 4.69) is 5.32 Å². The molecule has 0 bridgehead atoms. The highest BCUT2D eigenvalue weighted by Gasteiger charge is 2.19. The fraction of sp³-hybridized carbons (Fsp3) is 0.200. The van der Waals surface area contributed by atoms with Gasteiger partial charge in [0.15, 0.2) is 0 Å². The van der Waals surface area contributed by atoms with Crippen molar-refractivity contribution in [3.05, 3.63) is 29.3 Å². The average Bonchev–Trinajstić information content (AvgIpc) is 2.26. The standard InChI is InChI=1S/C10H10N2O2/c11-7-2-3-8-6(5-7)1-4-9(13)12-10(8)14/h2-3,5H,1,4,11H2,(H,12,13,14). The minimum atomic E-state index is -0.331. The molecule has 0 aliphatic carbocycles. The van der Waals surface area contributed by atoms with Gasteiger partial charge in [0.2, 0.25) is 5.91 Å². The molecular formula is C10H10N2O2. The van der Waals surface area contributed by atoms with Gasteiger partial charge >= 0.3 is 0 Å². The first kappa shape index (κ1) is 8.74. The smallest absolute Gasteiger partial charge is 0.258 e. The first-order chi connectivity index (χ1) is 6.66. The zero-order valence-electron chi connectivity index (χ0n) is 7.54. The van der Waals surface area contributed by atoms with Gasteiger partial charge in [0, 0.05) is 17.7 Å². The van der Waals surface area contributed by atoms with Gasteiger partial charge in [-0.1, -0.05) is 0 Å². The maximum Gasteiger partial charge on any atom is 0.258 e. The number of benzene rings is 1. The highest BCUT2D eigenvalue weighted by molar-refractivity contribution is 6.06. The van der Waals surface area contributed by atoms with E-state index >= 15 is 0 Å². The molecule has 0 saturated heterocycles. The number of carbonyl (C=O) groups is 2. The zero-order valence-corrected chi connectivity index (χ0v) is 7.54. The maximum atomic E-state index is 11.5. The number of nitrogens with two attached hydrogens (primary N) is 1. The second-order valence-electron chi connectivity index (χ2n) is 3.29. The molecular weight excluding hydrogens is 180 g/mol. The molecule has 1 aromatic rings. The van der Waals surface area contributed by atoms with Crippen molar-refractivity contribution >= 4 is 17.5 Å². The fourth-order valence-electron chi connectivity index (χ4n) is 1.55. The molecule has 0 radical (unpaired) electrons. The quantitative estimate of drug-likeness (QED) is 0.461. The van der Waals surface area contributed by atoms with Crippen LogP contribution in [0.25, 0.3) is 0 Å². The molecule has 1 heterocycles. The largest absolute Gasteiger partial charge is 0.399 e. The molecule has 4 nitrogen and oxygen atoms in total. The SMILES string of the molecule is Nc1ccc2c(c1)CCC(=O)NC2=O. The Bertz CT molecular complexity index is 413. The first-order valence-electron chi connectivity index (χ1n) is 4.39. The Morgan fingerprint density at radius 2 is 2.00 bits per heavy atom. The predicted molar refractivity (Wildman–Crippen MR) is 51.6 cm³/mol. The van der Waals surface area contributed by atoms with Gasteiger partial charge in [-0.15, -0.1) is 0 Å². The Morgan fingerprint density at radius 3 is 2.79 bits per heavy atom. The van der Waals surface area contributed by atoms with Crippen LogP contribution < -0.4 is 11.1 Å². The zero-order chi connectivity index (χ0) is 10.1. The number of hydrogen-bond acceptors (Lipinski definition) is 3. The lowest BCUT2D eigenvalue weighted by molar-refractivity contribution is -0.119. The van der Waals surface area contributed by atoms with Crippen molar-refractivity contribution in [2.75, 3.05) is 5.73 Å². The summed E-state index contributed by atoms with van der Waals surface area (Å²) in [6.45, 7) is 0. The molecule has 1 aliphatic rings. The second-order valence-corrected chi connectivity index (χ2v) is 3.29. The topological polar surface area (TPSA) is 72.2 Å². The first-order valence-corrected chi connectivity index (χ1v) is 4.39. The summed E-state index contributed by atoms with van der Waals surface area (Å²) in [7, 11) is 0. The third-order valence-corrected chi connectivity index (χ3v) is 2.25. The van der Waals surface area contributed by atoms with Crippen molar-refractivity contribution in [3.63, 3.8) is 0 Å². The molecule has 0 aromatic heterocycles. The van der Waals surface area contributed by atoms with Crippen LogP contribution >= 0.6 is 0 Å². The van der Waals surface area contributed by atoms with Gasteiger partial charge in [0.25, 0.3) is 5.91 Å². The number of imide groups is 1. The van der Waals surface area contributed by atoms with Crippen molar-refractivity contribution in [3.8, 4) is 0 Å². The molecule has 2 rings (SSSR count). The number of fused-ring (bicyclic) bond motifs is 1. The number of nitrogens with one attached hydrogen (secondary N) is 1. The van der Waals surface area contributed by atoms with Crippen LogP contribution in [0.3, 0.4) is 0 Å². The molecule has 1 aromatic carbocycles. The number of rotatable bonds is 0. The van der Waals surface area contributed by atoms with Gasteiger partial charge in [0.05, 0.1) is 0 Å². The van der Waals surface area contributed by atoms with Gasteiger partial charge in [-0.25, -0.2) is 0 Å². The summed E-state index contributed by atoms with van der Waals surface area (Å²) in [5.74, 6) is -0.563. The Labute approximate surface area is 81.1 Å². The molecule has 0 spiro atoms. The molecule has 0 saturated carbocycles. The van der Waals surface area contributed by atoms with Crippen LogP contribution in [0.2, 0.25) is 0 Å². The monoisotopic (exact) mass is 190 g/mol. The van der Waals surface area contributed by atoms with Gasteiger partial charge in [-0.2, -0.15) is 0 Å². The van der Waals surface area contributed by atoms with E-state index in [4.69, 9.17) is 5.73 Å². The molecule has 14 heavy (non-hydrogen) atoms. The molecule has 0 atom stereocenters. The number of anilines is 1. The fourth-order valence-corrected chi connectivity index (χ4v) is 1.55. The summed E-state index contributed by atoms with van der Waals surface area (Å²) in [4.78, 5) is 22.5. The third-order valence-electron chi connectivity index (χ3n) is 2.25. The molecule has 72 valence electrons. The van der Waals surface area contributed by atoms with Crippen molar-refractivity contribution in [2.24, 2.45) is 0 Å². The molecule has 0 unspecified atom stereocenters. The van der Waals surface area contributed by atoms with Crippen LogP contribution in [0.4, 0.5) is 5.69 Å². The second kappa shape index (κ2) is 3.14. The summed E-state index contributed by atoms with van der Waals surface area (Å²) in [6, 6.07) is 5.06. The lowest BCUT2D eigenvalue weighted by Gasteiger charge is -2.03. The Kier molecular flexibility index (Phi) is 1.96. The van der Waals surface area contributed by atoms with Crippen molar-refractivity contribution in [1.29, 1.82) is 0 Å². The number of nitrogen functional groups attached to an aromatic ring is 1. The van der Waals surface area contributed by atoms with E-state index < -0.39 is 0 Å². The highest BCUT2D eigenvalue weighted by atomic mass is 16.2. The van der Waals surface area contributed by atoms with E-state index in [0.717, 1.165) is 5.56 Å². The Balaban J connectivity index is 2.48. The Morgan fingerprint density at radius 1 is 1.21 bits per heavy atom. The molecule has 3 N–H and O–H groups in total. The van der Waals surface area contributed by atoms with E-state index in [9.17, 15) is 9.59 Å². The Hall–Kier alpha value is -1.84. The molecule has 2 amide bonds. The third kappa shape index (κ3) is 1.46. The van der Waals surface area contributed by atoms with Gasteiger partial charge in [-0.05, 0) is 30.2 Å². The minimum absolute atomic E-state index is 0.232. The van der Waals surface area contributed by atoms with Crippen LogP contribution in [0, 0.1) is 0 Å². The van der Waals surface area contributed by atoms with Gasteiger partial charge in [-0.3, -0.25) is 14.9 Å². The highest BCUT2D eigenvalue weighted by Crippen LogP contribution is 2.17. The normalized spacial score (nSPS) is 15.7. The van der Waals surface area contributed by atoms with Crippen molar-refractivity contribution in [1.82, 2.24) is 5.32 Å². The molecule has 0 fully saturated rings. The summed E-state index contributed by atoms with van der Waals surface area (Å²) in [5, 5.41) is 2.30. The van der Waals surface area contributed by atoms with Gasteiger partial charge in [0.1, 0.15) is 0 Å². The summed E-state index contributed by atoms with van der Waals surface area (Å²) in [6.07, 6.45) is 0.903. The minimum Gasteiger partial charge on any atom is -0.399 e. The number of aryl methyl sites for hydroxylation is 1. The summed E-state index contributed by atoms with van der Waals surface area (Å²) >= 11 is 0. The van der Waals surface area contributed by atoms with Gasteiger partial charge < -0.3 is 5.73 Å². The molecule has 1 aliphatic heterocycles. The van der Waals surface area contributed by atoms with Crippen LogP contribution in [-0.4, -0.2) is 11.8 Å². The van der Waals surface area contributed by atoms with E-state index in [1.54, 1.807) is 18.2 Å². The number of hydrogen-bond donors (Lipinski definition) is 2.